The van der Waals surface area contributed by atoms with E-state index < -0.39 is 0 Å². The minimum absolute atomic E-state index is 0.166. The van der Waals surface area contributed by atoms with Gasteiger partial charge in [-0.3, -0.25) is 0 Å². The maximum atomic E-state index is 9.18. The molecular weight excluding hydrogens is 380 g/mol. The van der Waals surface area contributed by atoms with E-state index >= 15 is 0 Å². The first kappa shape index (κ1) is 21.9. The summed E-state index contributed by atoms with van der Waals surface area (Å²) in [4.78, 5) is 0. The number of fused-ring (bicyclic) bond motifs is 1. The van der Waals surface area contributed by atoms with Crippen molar-refractivity contribution < 1.29 is 9.84 Å². The van der Waals surface area contributed by atoms with Crippen LogP contribution in [0.3, 0.4) is 0 Å². The van der Waals surface area contributed by atoms with Crippen molar-refractivity contribution in [2.75, 3.05) is 7.11 Å². The average Bonchev–Trinajstić information content (AvgIpc) is 3.03. The lowest BCUT2D eigenvalue weighted by Gasteiger charge is -2.24. The van der Waals surface area contributed by atoms with Gasteiger partial charge in [0.05, 0.1) is 11.9 Å². The van der Waals surface area contributed by atoms with E-state index in [0.717, 1.165) is 38.5 Å². The molecule has 0 heterocycles. The Kier molecular flexibility index (Phi) is 8.20. The van der Waals surface area contributed by atoms with Crippen LogP contribution >= 0.6 is 11.6 Å². The predicted molar refractivity (Wildman–Crippen MR) is 124 cm³/mol. The highest BCUT2D eigenvalue weighted by molar-refractivity contribution is 6.21. The van der Waals surface area contributed by atoms with Gasteiger partial charge < -0.3 is 9.84 Å². The summed E-state index contributed by atoms with van der Waals surface area (Å²) >= 11 is 6.75. The first-order chi connectivity index (χ1) is 14.1. The molecule has 1 N–H and O–H groups in total. The fraction of sp³-hybridized carbons (Fsp3) is 0.462. The van der Waals surface area contributed by atoms with E-state index in [1.807, 2.05) is 7.11 Å². The minimum atomic E-state index is 0.166. The number of unbranched alkanes of at least 4 members (excludes halogenated alkanes) is 1. The molecule has 0 aromatic heterocycles. The number of allylic oxidation sites excluding steroid dienone is 3. The highest BCUT2D eigenvalue weighted by Gasteiger charge is 2.41. The maximum absolute atomic E-state index is 9.18. The molecule has 2 aromatic carbocycles. The Bertz CT molecular complexity index is 823. The molecule has 3 heteroatoms. The van der Waals surface area contributed by atoms with Crippen molar-refractivity contribution in [1.82, 2.24) is 0 Å². The van der Waals surface area contributed by atoms with E-state index in [1.165, 1.54) is 16.3 Å². The van der Waals surface area contributed by atoms with Gasteiger partial charge in [0.15, 0.2) is 0 Å². The summed E-state index contributed by atoms with van der Waals surface area (Å²) in [6, 6.07) is 15.2. The lowest BCUT2D eigenvalue weighted by atomic mass is 9.85. The number of alkyl halides is 1. The molecule has 1 fully saturated rings. The highest BCUT2D eigenvalue weighted by atomic mass is 35.5. The zero-order valence-corrected chi connectivity index (χ0v) is 18.2. The SMILES string of the molecule is C=C(O)CCC/C=C\C[C@@H]1[C@@H](CCc2cccc3ccccc23)[C@H](OC)C[C@H]1Cl. The summed E-state index contributed by atoms with van der Waals surface area (Å²) in [7, 11) is 1.82. The molecule has 0 spiro atoms. The van der Waals surface area contributed by atoms with Crippen molar-refractivity contribution in [1.29, 1.82) is 0 Å². The number of hydrogen-bond donors (Lipinski definition) is 1. The van der Waals surface area contributed by atoms with E-state index in [4.69, 9.17) is 16.3 Å². The Morgan fingerprint density at radius 3 is 2.76 bits per heavy atom. The molecule has 0 aliphatic heterocycles. The number of hydrogen-bond acceptors (Lipinski definition) is 2. The standard InChI is InChI=1S/C26H33ClO2/c1-19(28)10-5-3-4-6-15-23-24(26(29-2)18-25(23)27)17-16-21-13-9-12-20-11-7-8-14-22(20)21/h4,6-9,11-14,23-26,28H,1,3,5,10,15-18H2,2H3/b6-4-/t23-,24-,25-,26-/m1/s1. The van der Waals surface area contributed by atoms with Gasteiger partial charge in [-0.15, -0.1) is 11.6 Å². The van der Waals surface area contributed by atoms with Crippen LogP contribution in [0.2, 0.25) is 0 Å². The molecule has 29 heavy (non-hydrogen) atoms. The molecule has 3 rings (SSSR count). The molecule has 1 aliphatic carbocycles. The molecule has 0 amide bonds. The molecule has 0 unspecified atom stereocenters. The van der Waals surface area contributed by atoms with Gasteiger partial charge in [-0.05, 0) is 66.7 Å². The van der Waals surface area contributed by atoms with Crippen LogP contribution in [0, 0.1) is 11.8 Å². The first-order valence-corrected chi connectivity index (χ1v) is 11.2. The van der Waals surface area contributed by atoms with Gasteiger partial charge >= 0.3 is 0 Å². The number of benzene rings is 2. The fourth-order valence-corrected chi connectivity index (χ4v) is 5.20. The number of ether oxygens (including phenoxy) is 1. The maximum Gasteiger partial charge on any atom is 0.0851 e. The van der Waals surface area contributed by atoms with Gasteiger partial charge in [0.1, 0.15) is 0 Å². The van der Waals surface area contributed by atoms with Gasteiger partial charge in [-0.2, -0.15) is 0 Å². The molecule has 1 saturated carbocycles. The smallest absolute Gasteiger partial charge is 0.0851 e. The molecule has 0 bridgehead atoms. The minimum Gasteiger partial charge on any atom is -0.513 e. The average molecular weight is 413 g/mol. The molecular formula is C26H33ClO2. The van der Waals surface area contributed by atoms with Crippen LogP contribution in [-0.2, 0) is 11.2 Å². The number of aryl methyl sites for hydroxylation is 1. The van der Waals surface area contributed by atoms with E-state index in [-0.39, 0.29) is 17.2 Å². The van der Waals surface area contributed by atoms with Crippen molar-refractivity contribution >= 4 is 22.4 Å². The fourth-order valence-electron chi connectivity index (χ4n) is 4.74. The van der Waals surface area contributed by atoms with E-state index in [0.29, 0.717) is 18.3 Å². The Morgan fingerprint density at radius 2 is 1.97 bits per heavy atom. The van der Waals surface area contributed by atoms with Gasteiger partial charge in [-0.1, -0.05) is 61.2 Å². The number of rotatable bonds is 10. The van der Waals surface area contributed by atoms with Crippen LogP contribution in [0.15, 0.2) is 67.0 Å². The largest absolute Gasteiger partial charge is 0.513 e. The number of methoxy groups -OCH3 is 1. The van der Waals surface area contributed by atoms with E-state index in [9.17, 15) is 5.11 Å². The normalized spacial score (nSPS) is 24.5. The van der Waals surface area contributed by atoms with Crippen LogP contribution in [0.4, 0.5) is 0 Å². The van der Waals surface area contributed by atoms with Gasteiger partial charge in [0.2, 0.25) is 0 Å². The quantitative estimate of drug-likeness (QED) is 0.193. The lowest BCUT2D eigenvalue weighted by Crippen LogP contribution is -2.22. The molecule has 0 radical (unpaired) electrons. The summed E-state index contributed by atoms with van der Waals surface area (Å²) in [5, 5.41) is 12.0. The molecule has 1 aliphatic rings. The van der Waals surface area contributed by atoms with Crippen LogP contribution < -0.4 is 0 Å². The lowest BCUT2D eigenvalue weighted by molar-refractivity contribution is 0.0578. The molecule has 2 nitrogen and oxygen atoms in total. The molecule has 4 atom stereocenters. The predicted octanol–water partition coefficient (Wildman–Crippen LogP) is 7.22. The van der Waals surface area contributed by atoms with Crippen LogP contribution in [0.1, 0.15) is 44.1 Å². The van der Waals surface area contributed by atoms with Crippen molar-refractivity contribution in [2.24, 2.45) is 11.8 Å². The first-order valence-electron chi connectivity index (χ1n) is 10.8. The number of aliphatic hydroxyl groups is 1. The van der Waals surface area contributed by atoms with Crippen molar-refractivity contribution in [3.8, 4) is 0 Å². The second kappa shape index (κ2) is 10.8. The zero-order chi connectivity index (χ0) is 20.6. The molecule has 156 valence electrons. The van der Waals surface area contributed by atoms with Gasteiger partial charge in [0.25, 0.3) is 0 Å². The third-order valence-electron chi connectivity index (χ3n) is 6.29. The number of halogens is 1. The van der Waals surface area contributed by atoms with Crippen LogP contribution in [0.5, 0.6) is 0 Å². The van der Waals surface area contributed by atoms with E-state index in [2.05, 4.69) is 61.2 Å². The Hall–Kier alpha value is -1.77. The van der Waals surface area contributed by atoms with Crippen molar-refractivity contribution in [2.45, 2.75) is 56.4 Å². The summed E-state index contributed by atoms with van der Waals surface area (Å²) < 4.78 is 5.83. The summed E-state index contributed by atoms with van der Waals surface area (Å²) in [5.74, 6) is 1.19. The summed E-state index contributed by atoms with van der Waals surface area (Å²) in [6.07, 6.45) is 11.4. The van der Waals surface area contributed by atoms with Crippen LogP contribution in [0.25, 0.3) is 10.8 Å². The Labute approximate surface area is 180 Å². The third-order valence-corrected chi connectivity index (χ3v) is 6.79. The van der Waals surface area contributed by atoms with Crippen molar-refractivity contribution in [3.05, 3.63) is 72.5 Å². The molecule has 0 saturated heterocycles. The second-order valence-corrected chi connectivity index (χ2v) is 8.76. The monoisotopic (exact) mass is 412 g/mol. The Balaban J connectivity index is 1.62. The zero-order valence-electron chi connectivity index (χ0n) is 17.4. The topological polar surface area (TPSA) is 29.5 Å². The summed E-state index contributed by atoms with van der Waals surface area (Å²) in [5.41, 5.74) is 1.41. The van der Waals surface area contributed by atoms with Gasteiger partial charge in [0, 0.05) is 18.9 Å². The second-order valence-electron chi connectivity index (χ2n) is 8.20. The molecule has 2 aromatic rings. The highest BCUT2D eigenvalue weighted by Crippen LogP contribution is 2.42. The Morgan fingerprint density at radius 1 is 1.17 bits per heavy atom. The van der Waals surface area contributed by atoms with Crippen LogP contribution in [-0.4, -0.2) is 23.7 Å². The number of aliphatic hydroxyl groups excluding tert-OH is 1. The summed E-state index contributed by atoms with van der Waals surface area (Å²) in [6.45, 7) is 3.54. The van der Waals surface area contributed by atoms with Crippen molar-refractivity contribution in [3.63, 3.8) is 0 Å². The third kappa shape index (κ3) is 5.87. The van der Waals surface area contributed by atoms with Gasteiger partial charge in [-0.25, -0.2) is 0 Å². The van der Waals surface area contributed by atoms with E-state index in [1.54, 1.807) is 0 Å².